The highest BCUT2D eigenvalue weighted by molar-refractivity contribution is 6.03. The first-order chi connectivity index (χ1) is 16.1. The minimum Gasteiger partial charge on any atom is -0.454 e. The Bertz CT molecular complexity index is 1270. The average Bonchev–Trinajstić information content (AvgIpc) is 2.87. The second kappa shape index (κ2) is 10.2. The van der Waals surface area contributed by atoms with Crippen molar-refractivity contribution in [1.29, 1.82) is 0 Å². The van der Waals surface area contributed by atoms with Gasteiger partial charge in [0.25, 0.3) is 11.8 Å². The van der Waals surface area contributed by atoms with E-state index in [1.54, 1.807) is 60.7 Å². The Hall–Kier alpha value is -4.45. The van der Waals surface area contributed by atoms with E-state index in [0.29, 0.717) is 16.8 Å². The molecular formula is C27H22N2O4. The van der Waals surface area contributed by atoms with Crippen molar-refractivity contribution in [2.75, 3.05) is 11.9 Å². The number of hydrogen-bond acceptors (Lipinski definition) is 4. The molecule has 0 heterocycles. The molecule has 0 aliphatic rings. The maximum atomic E-state index is 12.9. The normalized spacial score (nSPS) is 11.4. The Morgan fingerprint density at radius 3 is 2.12 bits per heavy atom. The molecule has 4 aromatic carbocycles. The lowest BCUT2D eigenvalue weighted by atomic mass is 10.1. The van der Waals surface area contributed by atoms with Gasteiger partial charge in [0.1, 0.15) is 0 Å². The van der Waals surface area contributed by atoms with Gasteiger partial charge < -0.3 is 15.4 Å². The quantitative estimate of drug-likeness (QED) is 0.416. The fourth-order valence-corrected chi connectivity index (χ4v) is 3.47. The van der Waals surface area contributed by atoms with Gasteiger partial charge in [-0.05, 0) is 29.1 Å². The van der Waals surface area contributed by atoms with Crippen LogP contribution < -0.4 is 10.6 Å². The summed E-state index contributed by atoms with van der Waals surface area (Å²) >= 11 is 0. The van der Waals surface area contributed by atoms with Gasteiger partial charge in [-0.3, -0.25) is 9.59 Å². The fourth-order valence-electron chi connectivity index (χ4n) is 3.47. The molecule has 2 amide bonds. The lowest BCUT2D eigenvalue weighted by Crippen LogP contribution is -2.36. The van der Waals surface area contributed by atoms with E-state index < -0.39 is 30.4 Å². The van der Waals surface area contributed by atoms with Gasteiger partial charge in [0.05, 0.1) is 0 Å². The van der Waals surface area contributed by atoms with Crippen molar-refractivity contribution in [2.45, 2.75) is 6.04 Å². The molecule has 6 nitrogen and oxygen atoms in total. The van der Waals surface area contributed by atoms with Crippen molar-refractivity contribution in [3.63, 3.8) is 0 Å². The second-order valence-electron chi connectivity index (χ2n) is 7.37. The Kier molecular flexibility index (Phi) is 6.75. The van der Waals surface area contributed by atoms with Crippen LogP contribution in [0.3, 0.4) is 0 Å². The highest BCUT2D eigenvalue weighted by Crippen LogP contribution is 2.23. The van der Waals surface area contributed by atoms with Crippen LogP contribution in [0.25, 0.3) is 10.8 Å². The minimum absolute atomic E-state index is 0.415. The summed E-state index contributed by atoms with van der Waals surface area (Å²) in [6.07, 6.45) is 0. The predicted octanol–water partition coefficient (Wildman–Crippen LogP) is 4.49. The molecule has 0 spiro atoms. The maximum absolute atomic E-state index is 12.9. The van der Waals surface area contributed by atoms with Crippen molar-refractivity contribution in [3.8, 4) is 0 Å². The molecular weight excluding hydrogens is 416 g/mol. The minimum atomic E-state index is -1.05. The molecule has 6 heteroatoms. The van der Waals surface area contributed by atoms with Crippen molar-refractivity contribution in [1.82, 2.24) is 5.32 Å². The smallest absolute Gasteiger partial charge is 0.333 e. The van der Waals surface area contributed by atoms with Crippen LogP contribution in [0.15, 0.2) is 103 Å². The van der Waals surface area contributed by atoms with Crippen LogP contribution in [0.2, 0.25) is 0 Å². The molecule has 0 saturated heterocycles. The zero-order valence-corrected chi connectivity index (χ0v) is 17.7. The molecule has 0 aliphatic heterocycles. The highest BCUT2D eigenvalue weighted by Gasteiger charge is 2.25. The first-order valence-corrected chi connectivity index (χ1v) is 10.5. The lowest BCUT2D eigenvalue weighted by Gasteiger charge is -2.18. The number of amides is 2. The standard InChI is InChI=1S/C27H22N2O4/c30-24(28-23-17-9-15-19-10-7-8-16-22(19)23)18-33-27(32)25(20-11-3-1-4-12-20)29-26(31)21-13-5-2-6-14-21/h1-17,25H,18H2,(H,28,30)(H,29,31). The summed E-state index contributed by atoms with van der Waals surface area (Å²) in [5, 5.41) is 7.36. The lowest BCUT2D eigenvalue weighted by molar-refractivity contribution is -0.149. The number of carbonyl (C=O) groups excluding carboxylic acids is 3. The van der Waals surface area contributed by atoms with Gasteiger partial charge >= 0.3 is 5.97 Å². The van der Waals surface area contributed by atoms with E-state index in [-0.39, 0.29) is 0 Å². The van der Waals surface area contributed by atoms with E-state index in [1.165, 1.54) is 0 Å². The Labute approximate surface area is 191 Å². The number of benzene rings is 4. The van der Waals surface area contributed by atoms with E-state index in [4.69, 9.17) is 4.74 Å². The van der Waals surface area contributed by atoms with Crippen molar-refractivity contribution < 1.29 is 19.1 Å². The summed E-state index contributed by atoms with van der Waals surface area (Å²) in [6, 6.07) is 29.5. The zero-order chi connectivity index (χ0) is 23.0. The van der Waals surface area contributed by atoms with Gasteiger partial charge in [0.15, 0.2) is 12.6 Å². The number of carbonyl (C=O) groups is 3. The molecule has 164 valence electrons. The molecule has 0 saturated carbocycles. The molecule has 4 rings (SSSR count). The zero-order valence-electron chi connectivity index (χ0n) is 17.7. The van der Waals surface area contributed by atoms with Gasteiger partial charge in [-0.15, -0.1) is 0 Å². The number of anilines is 1. The molecule has 0 bridgehead atoms. The summed E-state index contributed by atoms with van der Waals surface area (Å²) in [7, 11) is 0. The van der Waals surface area contributed by atoms with Crippen LogP contribution in [0.5, 0.6) is 0 Å². The van der Waals surface area contributed by atoms with E-state index in [0.717, 1.165) is 10.8 Å². The van der Waals surface area contributed by atoms with Gasteiger partial charge in [-0.1, -0.05) is 84.9 Å². The molecule has 4 aromatic rings. The number of fused-ring (bicyclic) bond motifs is 1. The average molecular weight is 438 g/mol. The topological polar surface area (TPSA) is 84.5 Å². The van der Waals surface area contributed by atoms with Gasteiger partial charge in [-0.2, -0.15) is 0 Å². The monoisotopic (exact) mass is 438 g/mol. The SMILES string of the molecule is O=C(COC(=O)C(NC(=O)c1ccccc1)c1ccccc1)Nc1cccc2ccccc12. The van der Waals surface area contributed by atoms with Gasteiger partial charge in [0, 0.05) is 16.6 Å². The third kappa shape index (κ3) is 5.43. The third-order valence-electron chi connectivity index (χ3n) is 5.09. The van der Waals surface area contributed by atoms with Crippen molar-refractivity contribution in [3.05, 3.63) is 114 Å². The Balaban J connectivity index is 1.44. The number of rotatable bonds is 7. The first kappa shape index (κ1) is 21.8. The van der Waals surface area contributed by atoms with Crippen LogP contribution in [-0.2, 0) is 14.3 Å². The molecule has 33 heavy (non-hydrogen) atoms. The van der Waals surface area contributed by atoms with Crippen LogP contribution in [0, 0.1) is 0 Å². The Morgan fingerprint density at radius 1 is 0.727 bits per heavy atom. The van der Waals surface area contributed by atoms with E-state index in [9.17, 15) is 14.4 Å². The molecule has 1 unspecified atom stereocenters. The van der Waals surface area contributed by atoms with E-state index in [1.807, 2.05) is 42.5 Å². The van der Waals surface area contributed by atoms with Gasteiger partial charge in [-0.25, -0.2) is 4.79 Å². The number of esters is 1. The molecule has 0 radical (unpaired) electrons. The third-order valence-corrected chi connectivity index (χ3v) is 5.09. The van der Waals surface area contributed by atoms with Gasteiger partial charge in [0.2, 0.25) is 0 Å². The summed E-state index contributed by atoms with van der Waals surface area (Å²) in [5.74, 6) is -1.61. The van der Waals surface area contributed by atoms with E-state index >= 15 is 0 Å². The van der Waals surface area contributed by atoms with Crippen LogP contribution >= 0.6 is 0 Å². The fraction of sp³-hybridized carbons (Fsp3) is 0.0741. The molecule has 2 N–H and O–H groups in total. The number of nitrogens with one attached hydrogen (secondary N) is 2. The first-order valence-electron chi connectivity index (χ1n) is 10.5. The van der Waals surface area contributed by atoms with Crippen LogP contribution in [-0.4, -0.2) is 24.4 Å². The highest BCUT2D eigenvalue weighted by atomic mass is 16.5. The van der Waals surface area contributed by atoms with Crippen molar-refractivity contribution in [2.24, 2.45) is 0 Å². The Morgan fingerprint density at radius 2 is 1.36 bits per heavy atom. The van der Waals surface area contributed by atoms with Crippen LogP contribution in [0.4, 0.5) is 5.69 Å². The molecule has 0 fully saturated rings. The maximum Gasteiger partial charge on any atom is 0.333 e. The summed E-state index contributed by atoms with van der Waals surface area (Å²) in [4.78, 5) is 38.0. The summed E-state index contributed by atoms with van der Waals surface area (Å²) in [5.41, 5.74) is 1.60. The molecule has 1 atom stereocenters. The second-order valence-corrected chi connectivity index (χ2v) is 7.37. The molecule has 0 aromatic heterocycles. The summed E-state index contributed by atoms with van der Waals surface area (Å²) < 4.78 is 5.28. The molecule has 0 aliphatic carbocycles. The van der Waals surface area contributed by atoms with Crippen LogP contribution in [0.1, 0.15) is 22.0 Å². The number of hydrogen-bond donors (Lipinski definition) is 2. The largest absolute Gasteiger partial charge is 0.454 e. The summed E-state index contributed by atoms with van der Waals surface area (Å²) in [6.45, 7) is -0.480. The predicted molar refractivity (Wildman–Crippen MR) is 127 cm³/mol. The van der Waals surface area contributed by atoms with E-state index in [2.05, 4.69) is 10.6 Å². The number of ether oxygens (including phenoxy) is 1. The van der Waals surface area contributed by atoms with Crippen molar-refractivity contribution >= 4 is 34.2 Å².